The Labute approximate surface area is 77.5 Å². The van der Waals surface area contributed by atoms with Crippen molar-refractivity contribution in [3.05, 3.63) is 0 Å². The Morgan fingerprint density at radius 2 is 2.15 bits per heavy atom. The highest BCUT2D eigenvalue weighted by molar-refractivity contribution is 5.80. The topological polar surface area (TPSA) is 57.6 Å². The number of carbonyl (C=O) groups is 2. The second-order valence-corrected chi connectivity index (χ2v) is 3.63. The molecule has 1 amide bonds. The van der Waals surface area contributed by atoms with Gasteiger partial charge >= 0.3 is 5.97 Å². The van der Waals surface area contributed by atoms with Crippen LogP contribution in [-0.2, 0) is 9.59 Å². The van der Waals surface area contributed by atoms with Gasteiger partial charge in [-0.25, -0.2) is 0 Å². The van der Waals surface area contributed by atoms with Crippen molar-refractivity contribution in [3.8, 4) is 0 Å². The number of carboxylic acids is 1. The molecule has 13 heavy (non-hydrogen) atoms. The summed E-state index contributed by atoms with van der Waals surface area (Å²) in [6, 6.07) is 0. The first-order valence-corrected chi connectivity index (χ1v) is 4.59. The van der Waals surface area contributed by atoms with Crippen LogP contribution in [0.15, 0.2) is 0 Å². The van der Waals surface area contributed by atoms with E-state index in [1.54, 1.807) is 4.90 Å². The van der Waals surface area contributed by atoms with Gasteiger partial charge in [-0.3, -0.25) is 9.59 Å². The van der Waals surface area contributed by atoms with Crippen molar-refractivity contribution in [2.75, 3.05) is 13.1 Å². The van der Waals surface area contributed by atoms with Crippen LogP contribution in [0.25, 0.3) is 0 Å². The van der Waals surface area contributed by atoms with Crippen molar-refractivity contribution in [2.24, 2.45) is 5.92 Å². The van der Waals surface area contributed by atoms with Crippen molar-refractivity contribution >= 4 is 11.9 Å². The molecule has 0 spiro atoms. The van der Waals surface area contributed by atoms with Gasteiger partial charge < -0.3 is 10.0 Å². The number of carbonyl (C=O) groups excluding carboxylic acids is 1. The highest BCUT2D eigenvalue weighted by Crippen LogP contribution is 2.16. The average Bonchev–Trinajstić information content (AvgIpc) is 2.47. The maximum atomic E-state index is 11.4. The molecule has 0 bridgehead atoms. The molecule has 0 radical (unpaired) electrons. The van der Waals surface area contributed by atoms with Crippen molar-refractivity contribution in [3.63, 3.8) is 0 Å². The Morgan fingerprint density at radius 3 is 2.62 bits per heavy atom. The maximum absolute atomic E-state index is 11.4. The van der Waals surface area contributed by atoms with Gasteiger partial charge in [-0.05, 0) is 12.3 Å². The third-order valence-electron chi connectivity index (χ3n) is 2.33. The summed E-state index contributed by atoms with van der Waals surface area (Å²) in [5.74, 6) is -0.360. The fraction of sp³-hybridized carbons (Fsp3) is 0.778. The Hall–Kier alpha value is -1.06. The summed E-state index contributed by atoms with van der Waals surface area (Å²) in [5, 5.41) is 8.39. The van der Waals surface area contributed by atoms with E-state index in [0.717, 1.165) is 19.5 Å². The molecule has 0 aromatic heterocycles. The minimum Gasteiger partial charge on any atom is -0.481 e. The van der Waals surface area contributed by atoms with Gasteiger partial charge in [0.15, 0.2) is 0 Å². The van der Waals surface area contributed by atoms with Crippen LogP contribution in [0.2, 0.25) is 0 Å². The first-order valence-electron chi connectivity index (χ1n) is 4.59. The smallest absolute Gasteiger partial charge is 0.303 e. The molecule has 74 valence electrons. The predicted molar refractivity (Wildman–Crippen MR) is 47.2 cm³/mol. The summed E-state index contributed by atoms with van der Waals surface area (Å²) in [7, 11) is 0. The monoisotopic (exact) mass is 185 g/mol. The fourth-order valence-electron chi connectivity index (χ4n) is 1.53. The van der Waals surface area contributed by atoms with Crippen LogP contribution in [0.5, 0.6) is 0 Å². The summed E-state index contributed by atoms with van der Waals surface area (Å²) in [6.07, 6.45) is 1.13. The highest BCUT2D eigenvalue weighted by atomic mass is 16.4. The summed E-state index contributed by atoms with van der Waals surface area (Å²) in [5.41, 5.74) is 0. The Balaban J connectivity index is 2.27. The number of rotatable bonds is 3. The quantitative estimate of drug-likeness (QED) is 0.704. The first kappa shape index (κ1) is 10.0. The molecular formula is C9H15NO3. The van der Waals surface area contributed by atoms with E-state index in [-0.39, 0.29) is 18.7 Å². The van der Waals surface area contributed by atoms with Gasteiger partial charge in [-0.2, -0.15) is 0 Å². The van der Waals surface area contributed by atoms with E-state index in [1.807, 2.05) is 0 Å². The first-order chi connectivity index (χ1) is 6.09. The maximum Gasteiger partial charge on any atom is 0.303 e. The molecule has 1 saturated heterocycles. The zero-order chi connectivity index (χ0) is 9.84. The summed E-state index contributed by atoms with van der Waals surface area (Å²) in [6.45, 7) is 3.68. The van der Waals surface area contributed by atoms with E-state index in [9.17, 15) is 9.59 Å². The summed E-state index contributed by atoms with van der Waals surface area (Å²) >= 11 is 0. The molecule has 0 unspecified atom stereocenters. The Bertz CT molecular complexity index is 215. The number of amides is 1. The molecule has 1 heterocycles. The zero-order valence-electron chi connectivity index (χ0n) is 7.82. The standard InChI is InChI=1S/C9H15NO3/c1-7-4-5-10(6-7)8(11)2-3-9(12)13/h7H,2-6H2,1H3,(H,12,13)/t7-/m1/s1. The van der Waals surface area contributed by atoms with Crippen LogP contribution in [-0.4, -0.2) is 35.0 Å². The lowest BCUT2D eigenvalue weighted by molar-refractivity contribution is -0.140. The van der Waals surface area contributed by atoms with E-state index in [1.165, 1.54) is 0 Å². The number of aliphatic carboxylic acids is 1. The third-order valence-corrected chi connectivity index (χ3v) is 2.33. The minimum absolute atomic E-state index is 0.0215. The van der Waals surface area contributed by atoms with Crippen molar-refractivity contribution in [2.45, 2.75) is 26.2 Å². The summed E-state index contributed by atoms with van der Waals surface area (Å²) < 4.78 is 0. The Kier molecular flexibility index (Phi) is 3.28. The van der Waals surface area contributed by atoms with E-state index in [4.69, 9.17) is 5.11 Å². The zero-order valence-corrected chi connectivity index (χ0v) is 7.82. The Morgan fingerprint density at radius 1 is 1.46 bits per heavy atom. The number of carboxylic acid groups (broad SMARTS) is 1. The number of hydrogen-bond acceptors (Lipinski definition) is 2. The van der Waals surface area contributed by atoms with E-state index in [2.05, 4.69) is 6.92 Å². The third kappa shape index (κ3) is 3.05. The van der Waals surface area contributed by atoms with Crippen LogP contribution in [0, 0.1) is 5.92 Å². The molecule has 1 rings (SSSR count). The highest BCUT2D eigenvalue weighted by Gasteiger charge is 2.22. The van der Waals surface area contributed by atoms with Gasteiger partial charge in [0.25, 0.3) is 0 Å². The molecule has 4 nitrogen and oxygen atoms in total. The van der Waals surface area contributed by atoms with Gasteiger partial charge in [0.1, 0.15) is 0 Å². The van der Waals surface area contributed by atoms with Crippen LogP contribution in [0.4, 0.5) is 0 Å². The van der Waals surface area contributed by atoms with Crippen molar-refractivity contribution in [1.29, 1.82) is 0 Å². The molecule has 1 aliphatic heterocycles. The SMILES string of the molecule is C[C@@H]1CCN(C(=O)CCC(=O)O)C1. The molecular weight excluding hydrogens is 170 g/mol. The predicted octanol–water partition coefficient (Wildman–Crippen LogP) is 0.720. The fourth-order valence-corrected chi connectivity index (χ4v) is 1.53. The van der Waals surface area contributed by atoms with Gasteiger partial charge in [-0.1, -0.05) is 6.92 Å². The normalized spacial score (nSPS) is 21.9. The van der Waals surface area contributed by atoms with Gasteiger partial charge in [0, 0.05) is 19.5 Å². The van der Waals surface area contributed by atoms with Gasteiger partial charge in [0.05, 0.1) is 6.42 Å². The molecule has 1 N–H and O–H groups in total. The lowest BCUT2D eigenvalue weighted by atomic mass is 10.2. The van der Waals surface area contributed by atoms with Crippen LogP contribution < -0.4 is 0 Å². The van der Waals surface area contributed by atoms with Crippen LogP contribution in [0.1, 0.15) is 26.2 Å². The van der Waals surface area contributed by atoms with Crippen molar-refractivity contribution in [1.82, 2.24) is 4.90 Å². The number of nitrogens with zero attached hydrogens (tertiary/aromatic N) is 1. The molecule has 0 aromatic carbocycles. The second-order valence-electron chi connectivity index (χ2n) is 3.63. The molecule has 0 aromatic rings. The molecule has 1 atom stereocenters. The largest absolute Gasteiger partial charge is 0.481 e. The van der Waals surface area contributed by atoms with E-state index >= 15 is 0 Å². The molecule has 1 fully saturated rings. The van der Waals surface area contributed by atoms with Crippen LogP contribution >= 0.6 is 0 Å². The lowest BCUT2D eigenvalue weighted by Gasteiger charge is -2.14. The van der Waals surface area contributed by atoms with Crippen LogP contribution in [0.3, 0.4) is 0 Å². The van der Waals surface area contributed by atoms with Crippen molar-refractivity contribution < 1.29 is 14.7 Å². The second kappa shape index (κ2) is 4.25. The number of likely N-dealkylation sites (tertiary alicyclic amines) is 1. The molecule has 0 saturated carbocycles. The average molecular weight is 185 g/mol. The molecule has 1 aliphatic rings. The molecule has 0 aliphatic carbocycles. The minimum atomic E-state index is -0.902. The summed E-state index contributed by atoms with van der Waals surface area (Å²) in [4.78, 5) is 23.3. The van der Waals surface area contributed by atoms with Gasteiger partial charge in [-0.15, -0.1) is 0 Å². The van der Waals surface area contributed by atoms with E-state index in [0.29, 0.717) is 5.92 Å². The lowest BCUT2D eigenvalue weighted by Crippen LogP contribution is -2.28. The molecule has 4 heteroatoms. The van der Waals surface area contributed by atoms with E-state index < -0.39 is 5.97 Å². The number of hydrogen-bond donors (Lipinski definition) is 1. The van der Waals surface area contributed by atoms with Gasteiger partial charge in [0.2, 0.25) is 5.91 Å².